The molecule has 0 saturated carbocycles. The van der Waals surface area contributed by atoms with E-state index in [1.807, 2.05) is 31.2 Å². The van der Waals surface area contributed by atoms with Crippen LogP contribution < -0.4 is 9.47 Å². The molecule has 0 spiro atoms. The molecule has 0 aromatic heterocycles. The van der Waals surface area contributed by atoms with Gasteiger partial charge in [0.1, 0.15) is 11.5 Å². The highest BCUT2D eigenvalue weighted by atomic mass is 32.1. The first-order chi connectivity index (χ1) is 10.7. The number of thiol groups is 1. The van der Waals surface area contributed by atoms with E-state index in [1.54, 1.807) is 13.0 Å². The summed E-state index contributed by atoms with van der Waals surface area (Å²) < 4.78 is 15.9. The van der Waals surface area contributed by atoms with Gasteiger partial charge in [0.2, 0.25) is 0 Å². The van der Waals surface area contributed by atoms with Crippen LogP contribution in [0.1, 0.15) is 25.8 Å². The summed E-state index contributed by atoms with van der Waals surface area (Å²) in [4.78, 5) is 11.6. The number of fused-ring (bicyclic) bond motifs is 1. The van der Waals surface area contributed by atoms with Crippen LogP contribution >= 0.6 is 12.6 Å². The molecule has 4 nitrogen and oxygen atoms in total. The van der Waals surface area contributed by atoms with Gasteiger partial charge >= 0.3 is 6.16 Å². The van der Waals surface area contributed by atoms with E-state index in [2.05, 4.69) is 12.6 Å². The van der Waals surface area contributed by atoms with E-state index in [9.17, 15) is 4.79 Å². The van der Waals surface area contributed by atoms with Crippen LogP contribution in [0.5, 0.6) is 11.5 Å². The highest BCUT2D eigenvalue weighted by Gasteiger charge is 2.20. The number of carbonyl (C=O) groups is 1. The fourth-order valence-corrected chi connectivity index (χ4v) is 2.29. The maximum atomic E-state index is 11.6. The molecule has 2 aliphatic carbocycles. The van der Waals surface area contributed by atoms with Crippen molar-refractivity contribution >= 4 is 18.8 Å². The van der Waals surface area contributed by atoms with Crippen molar-refractivity contribution in [2.45, 2.75) is 26.0 Å². The third-order valence-electron chi connectivity index (χ3n) is 3.11. The Labute approximate surface area is 136 Å². The molecule has 0 amide bonds. The highest BCUT2D eigenvalue weighted by Crippen LogP contribution is 2.43. The molecular weight excluding hydrogens is 300 g/mol. The summed E-state index contributed by atoms with van der Waals surface area (Å²) in [5.41, 5.74) is 2.79. The molecule has 0 aromatic rings. The monoisotopic (exact) mass is 320 g/mol. The number of rotatable bonds is 6. The van der Waals surface area contributed by atoms with Crippen molar-refractivity contribution in [3.05, 3.63) is 35.9 Å². The lowest BCUT2D eigenvalue weighted by atomic mass is 10.2. The van der Waals surface area contributed by atoms with Gasteiger partial charge < -0.3 is 14.2 Å². The van der Waals surface area contributed by atoms with Crippen LogP contribution in [0.25, 0.3) is 11.1 Å². The summed E-state index contributed by atoms with van der Waals surface area (Å²) in [7, 11) is 0. The van der Waals surface area contributed by atoms with E-state index < -0.39 is 6.16 Å². The lowest BCUT2D eigenvalue weighted by Gasteiger charge is -2.04. The second kappa shape index (κ2) is 7.94. The number of hydrogen-bond donors (Lipinski definition) is 1. The third-order valence-corrected chi connectivity index (χ3v) is 3.48. The lowest BCUT2D eigenvalue weighted by molar-refractivity contribution is 0.104. The first-order valence-electron chi connectivity index (χ1n) is 7.33. The highest BCUT2D eigenvalue weighted by molar-refractivity contribution is 7.79. The van der Waals surface area contributed by atoms with E-state index in [1.165, 1.54) is 0 Å². The van der Waals surface area contributed by atoms with Crippen molar-refractivity contribution in [3.8, 4) is 22.6 Å². The van der Waals surface area contributed by atoms with E-state index >= 15 is 0 Å². The van der Waals surface area contributed by atoms with E-state index in [4.69, 9.17) is 14.2 Å². The van der Waals surface area contributed by atoms with Crippen molar-refractivity contribution < 1.29 is 19.0 Å². The summed E-state index contributed by atoms with van der Waals surface area (Å²) in [5, 5.41) is 0. The molecular formula is C17H20O4S. The van der Waals surface area contributed by atoms with Gasteiger partial charge in [-0.15, -0.1) is 0 Å². The van der Waals surface area contributed by atoms with Crippen molar-refractivity contribution in [1.82, 2.24) is 0 Å². The van der Waals surface area contributed by atoms with Gasteiger partial charge in [0.15, 0.2) is 0 Å². The van der Waals surface area contributed by atoms with Gasteiger partial charge in [-0.1, -0.05) is 31.2 Å². The SMILES string of the molecule is CCCOc1cc(OC(=O)OCC)c2ccc(CS)ccc1-2. The molecule has 2 aliphatic rings. The molecule has 2 rings (SSSR count). The smallest absolute Gasteiger partial charge is 0.493 e. The fourth-order valence-electron chi connectivity index (χ4n) is 2.08. The predicted molar refractivity (Wildman–Crippen MR) is 89.2 cm³/mol. The van der Waals surface area contributed by atoms with Crippen molar-refractivity contribution in [1.29, 1.82) is 0 Å². The molecule has 0 aromatic carbocycles. The number of hydrogen-bond acceptors (Lipinski definition) is 5. The summed E-state index contributed by atoms with van der Waals surface area (Å²) in [6.45, 7) is 4.66. The molecule has 0 atom stereocenters. The molecule has 0 N–H and O–H groups in total. The maximum absolute atomic E-state index is 11.6. The average Bonchev–Trinajstić information content (AvgIpc) is 2.70. The summed E-state index contributed by atoms with van der Waals surface area (Å²) in [5.74, 6) is 1.79. The minimum atomic E-state index is -0.711. The minimum Gasteiger partial charge on any atom is -0.493 e. The molecule has 0 unspecified atom stereocenters. The van der Waals surface area contributed by atoms with Gasteiger partial charge in [-0.2, -0.15) is 12.6 Å². The predicted octanol–water partition coefficient (Wildman–Crippen LogP) is 4.55. The average molecular weight is 320 g/mol. The maximum Gasteiger partial charge on any atom is 0.513 e. The Bertz CT molecular complexity index is 612. The first-order valence-corrected chi connectivity index (χ1v) is 7.96. The Morgan fingerprint density at radius 1 is 1.09 bits per heavy atom. The van der Waals surface area contributed by atoms with Gasteiger partial charge in [0.05, 0.1) is 13.2 Å². The third kappa shape index (κ3) is 3.85. The largest absolute Gasteiger partial charge is 0.513 e. The summed E-state index contributed by atoms with van der Waals surface area (Å²) in [6.07, 6.45) is 0.194. The van der Waals surface area contributed by atoms with E-state index in [0.717, 1.165) is 23.1 Å². The summed E-state index contributed by atoms with van der Waals surface area (Å²) in [6, 6.07) is 9.55. The molecule has 0 aliphatic heterocycles. The second-order valence-corrected chi connectivity index (χ2v) is 5.05. The fraction of sp³-hybridized carbons (Fsp3) is 0.353. The Morgan fingerprint density at radius 2 is 1.77 bits per heavy atom. The topological polar surface area (TPSA) is 44.8 Å². The van der Waals surface area contributed by atoms with Crippen LogP contribution in [0.3, 0.4) is 0 Å². The van der Waals surface area contributed by atoms with Gasteiger partial charge in [-0.3, -0.25) is 0 Å². The van der Waals surface area contributed by atoms with Crippen LogP contribution in [0, 0.1) is 0 Å². The molecule has 0 radical (unpaired) electrons. The van der Waals surface area contributed by atoms with Crippen molar-refractivity contribution in [2.75, 3.05) is 13.2 Å². The van der Waals surface area contributed by atoms with Gasteiger partial charge in [-0.05, 0) is 18.9 Å². The molecule has 0 fully saturated rings. The quantitative estimate of drug-likeness (QED) is 0.626. The van der Waals surface area contributed by atoms with Crippen LogP contribution in [0.15, 0.2) is 30.3 Å². The van der Waals surface area contributed by atoms with Gasteiger partial charge in [0, 0.05) is 22.9 Å². The van der Waals surface area contributed by atoms with Crippen molar-refractivity contribution in [2.24, 2.45) is 0 Å². The zero-order valence-electron chi connectivity index (χ0n) is 12.8. The first kappa shape index (κ1) is 16.5. The Morgan fingerprint density at radius 3 is 2.36 bits per heavy atom. The normalized spacial score (nSPS) is 10.5. The number of carbonyl (C=O) groups excluding carboxylic acids is 1. The zero-order chi connectivity index (χ0) is 15.9. The lowest BCUT2D eigenvalue weighted by Crippen LogP contribution is -2.09. The van der Waals surface area contributed by atoms with E-state index in [0.29, 0.717) is 23.9 Å². The zero-order valence-corrected chi connectivity index (χ0v) is 13.7. The van der Waals surface area contributed by atoms with Crippen LogP contribution in [-0.4, -0.2) is 19.4 Å². The van der Waals surface area contributed by atoms with Gasteiger partial charge in [-0.25, -0.2) is 4.79 Å². The molecule has 0 heterocycles. The molecule has 22 heavy (non-hydrogen) atoms. The van der Waals surface area contributed by atoms with E-state index in [-0.39, 0.29) is 6.61 Å². The van der Waals surface area contributed by atoms with Gasteiger partial charge in [0.25, 0.3) is 0 Å². The van der Waals surface area contributed by atoms with Crippen LogP contribution in [-0.2, 0) is 10.5 Å². The second-order valence-electron chi connectivity index (χ2n) is 4.73. The molecule has 5 heteroatoms. The Hall–Kier alpha value is -1.88. The molecule has 0 saturated heterocycles. The van der Waals surface area contributed by atoms with Crippen LogP contribution in [0.4, 0.5) is 4.79 Å². The minimum absolute atomic E-state index is 0.272. The Kier molecular flexibility index (Phi) is 5.95. The number of ether oxygens (including phenoxy) is 3. The van der Waals surface area contributed by atoms with Crippen molar-refractivity contribution in [3.63, 3.8) is 0 Å². The standard InChI is InChI=1S/C17H20O4S/c1-3-9-20-15-10-16(21-17(18)19-4-2)14-8-6-12(11-22)5-7-13(14)15/h5-8,10,22H,3-4,9,11H2,1-2H3. The summed E-state index contributed by atoms with van der Waals surface area (Å²) >= 11 is 4.29. The Balaban J connectivity index is 2.40. The van der Waals surface area contributed by atoms with Crippen LogP contribution in [0.2, 0.25) is 0 Å². The molecule has 0 bridgehead atoms. The molecule has 118 valence electrons.